The topological polar surface area (TPSA) is 9.23 Å². The molecule has 0 bridgehead atoms. The quantitative estimate of drug-likeness (QED) is 0.750. The summed E-state index contributed by atoms with van der Waals surface area (Å²) >= 11 is 3.53. The molecule has 0 atom stereocenters. The number of hydrogen-bond acceptors (Lipinski definition) is 1. The number of ether oxygens (including phenoxy) is 1. The molecule has 0 N–H and O–H groups in total. The Kier molecular flexibility index (Phi) is 3.27. The van der Waals surface area contributed by atoms with Crippen LogP contribution in [0.2, 0.25) is 0 Å². The predicted molar refractivity (Wildman–Crippen MR) is 67.0 cm³/mol. The highest BCUT2D eigenvalue weighted by Crippen LogP contribution is 2.29. The minimum atomic E-state index is 0.754. The first-order valence-electron chi connectivity index (χ1n) is 5.22. The van der Waals surface area contributed by atoms with Crippen molar-refractivity contribution in [2.45, 2.75) is 20.3 Å². The van der Waals surface area contributed by atoms with E-state index >= 15 is 0 Å². The first kappa shape index (κ1) is 10.9. The average Bonchev–Trinajstić information content (AvgIpc) is 2.17. The first-order valence-corrected chi connectivity index (χ1v) is 6.01. The van der Waals surface area contributed by atoms with E-state index in [0.717, 1.165) is 24.1 Å². The number of hydrogen-bond donors (Lipinski definition) is 0. The number of benzene rings is 1. The van der Waals surface area contributed by atoms with Crippen LogP contribution in [0.3, 0.4) is 0 Å². The maximum atomic E-state index is 5.34. The molecule has 2 heteroatoms. The lowest BCUT2D eigenvalue weighted by molar-refractivity contribution is 0.161. The second-order valence-corrected chi connectivity index (χ2v) is 4.88. The van der Waals surface area contributed by atoms with E-state index in [1.807, 2.05) is 0 Å². The van der Waals surface area contributed by atoms with Crippen LogP contribution in [0.1, 0.15) is 23.1 Å². The molecule has 0 amide bonds. The minimum Gasteiger partial charge on any atom is -0.377 e. The second-order valence-electron chi connectivity index (χ2n) is 3.97. The summed E-state index contributed by atoms with van der Waals surface area (Å²) in [4.78, 5) is 0. The third-order valence-corrected chi connectivity index (χ3v) is 3.24. The van der Waals surface area contributed by atoms with E-state index in [4.69, 9.17) is 4.74 Å². The lowest BCUT2D eigenvalue weighted by Crippen LogP contribution is -2.05. The van der Waals surface area contributed by atoms with Gasteiger partial charge in [-0.15, -0.1) is 0 Å². The summed E-state index contributed by atoms with van der Waals surface area (Å²) in [5.41, 5.74) is 5.52. The molecule has 0 unspecified atom stereocenters. The van der Waals surface area contributed by atoms with Gasteiger partial charge in [-0.2, -0.15) is 0 Å². The Labute approximate surface area is 99.3 Å². The summed E-state index contributed by atoms with van der Waals surface area (Å²) in [5.74, 6) is 0. The predicted octanol–water partition coefficient (Wildman–Crippen LogP) is 3.87. The number of rotatable bonds is 1. The second kappa shape index (κ2) is 4.50. The molecular formula is C13H15BrO. The average molecular weight is 267 g/mol. The molecule has 1 aliphatic heterocycles. The Morgan fingerprint density at radius 1 is 1.20 bits per heavy atom. The molecule has 0 aliphatic carbocycles. The fourth-order valence-electron chi connectivity index (χ4n) is 2.17. The van der Waals surface area contributed by atoms with Crippen LogP contribution >= 0.6 is 15.9 Å². The van der Waals surface area contributed by atoms with Gasteiger partial charge in [-0.25, -0.2) is 0 Å². The van der Waals surface area contributed by atoms with E-state index in [2.05, 4.69) is 48.0 Å². The van der Waals surface area contributed by atoms with Crippen LogP contribution in [0.4, 0.5) is 0 Å². The van der Waals surface area contributed by atoms with Crippen LogP contribution in [0.5, 0.6) is 0 Å². The highest BCUT2D eigenvalue weighted by Gasteiger charge is 2.11. The van der Waals surface area contributed by atoms with E-state index in [1.54, 1.807) is 0 Å². The van der Waals surface area contributed by atoms with Gasteiger partial charge in [0, 0.05) is 4.47 Å². The van der Waals surface area contributed by atoms with Crippen LogP contribution in [0.15, 0.2) is 22.7 Å². The van der Waals surface area contributed by atoms with E-state index in [0.29, 0.717) is 0 Å². The standard InChI is InChI=1S/C13H15BrO/c1-9-7-12(14)8-10(2)13(9)11-3-5-15-6-4-11/h3,7-8H,4-6H2,1-2H3. The molecule has 0 saturated carbocycles. The van der Waals surface area contributed by atoms with Crippen molar-refractivity contribution in [3.63, 3.8) is 0 Å². The summed E-state index contributed by atoms with van der Waals surface area (Å²) in [5, 5.41) is 0. The van der Waals surface area contributed by atoms with E-state index in [1.165, 1.54) is 22.3 Å². The van der Waals surface area contributed by atoms with Crippen LogP contribution in [-0.2, 0) is 4.74 Å². The maximum absolute atomic E-state index is 5.34. The molecule has 1 nitrogen and oxygen atoms in total. The van der Waals surface area contributed by atoms with Crippen LogP contribution in [-0.4, -0.2) is 13.2 Å². The number of halogens is 1. The fourth-order valence-corrected chi connectivity index (χ4v) is 2.86. The van der Waals surface area contributed by atoms with Gasteiger partial charge in [-0.1, -0.05) is 22.0 Å². The zero-order chi connectivity index (χ0) is 10.8. The van der Waals surface area contributed by atoms with Gasteiger partial charge in [0.1, 0.15) is 0 Å². The van der Waals surface area contributed by atoms with Crippen molar-refractivity contribution < 1.29 is 4.74 Å². The zero-order valence-corrected chi connectivity index (χ0v) is 10.7. The van der Waals surface area contributed by atoms with Gasteiger partial charge in [0.05, 0.1) is 13.2 Å². The van der Waals surface area contributed by atoms with E-state index in [-0.39, 0.29) is 0 Å². The Hall–Kier alpha value is -0.600. The van der Waals surface area contributed by atoms with E-state index in [9.17, 15) is 0 Å². The SMILES string of the molecule is Cc1cc(Br)cc(C)c1C1=CCOCC1. The molecule has 0 spiro atoms. The van der Waals surface area contributed by atoms with Crippen molar-refractivity contribution in [3.05, 3.63) is 39.4 Å². The van der Waals surface area contributed by atoms with Crippen molar-refractivity contribution in [1.82, 2.24) is 0 Å². The van der Waals surface area contributed by atoms with Gasteiger partial charge in [0.2, 0.25) is 0 Å². The summed E-state index contributed by atoms with van der Waals surface area (Å²) < 4.78 is 6.50. The minimum absolute atomic E-state index is 0.754. The third-order valence-electron chi connectivity index (χ3n) is 2.78. The third kappa shape index (κ3) is 2.32. The Balaban J connectivity index is 2.47. The van der Waals surface area contributed by atoms with Gasteiger partial charge < -0.3 is 4.74 Å². The summed E-state index contributed by atoms with van der Waals surface area (Å²) in [6.45, 7) is 5.94. The molecule has 0 aromatic heterocycles. The van der Waals surface area contributed by atoms with Crippen molar-refractivity contribution >= 4 is 21.5 Å². The molecule has 0 saturated heterocycles. The van der Waals surface area contributed by atoms with Gasteiger partial charge >= 0.3 is 0 Å². The van der Waals surface area contributed by atoms with E-state index < -0.39 is 0 Å². The van der Waals surface area contributed by atoms with Crippen molar-refractivity contribution in [1.29, 1.82) is 0 Å². The highest BCUT2D eigenvalue weighted by atomic mass is 79.9. The molecule has 1 aromatic carbocycles. The van der Waals surface area contributed by atoms with Crippen molar-refractivity contribution in [2.24, 2.45) is 0 Å². The smallest absolute Gasteiger partial charge is 0.0653 e. The molecule has 2 rings (SSSR count). The van der Waals surface area contributed by atoms with Gasteiger partial charge in [-0.05, 0) is 54.7 Å². The fraction of sp³-hybridized carbons (Fsp3) is 0.385. The Morgan fingerprint density at radius 3 is 2.40 bits per heavy atom. The Morgan fingerprint density at radius 2 is 1.87 bits per heavy atom. The van der Waals surface area contributed by atoms with Crippen molar-refractivity contribution in [3.8, 4) is 0 Å². The summed E-state index contributed by atoms with van der Waals surface area (Å²) in [7, 11) is 0. The van der Waals surface area contributed by atoms with Crippen LogP contribution in [0, 0.1) is 13.8 Å². The summed E-state index contributed by atoms with van der Waals surface area (Å²) in [6.07, 6.45) is 3.23. The highest BCUT2D eigenvalue weighted by molar-refractivity contribution is 9.10. The van der Waals surface area contributed by atoms with Crippen molar-refractivity contribution in [2.75, 3.05) is 13.2 Å². The lowest BCUT2D eigenvalue weighted by Gasteiger charge is -2.18. The van der Waals surface area contributed by atoms with Gasteiger partial charge in [0.25, 0.3) is 0 Å². The molecule has 1 aromatic rings. The summed E-state index contributed by atoms with van der Waals surface area (Å²) in [6, 6.07) is 4.36. The van der Waals surface area contributed by atoms with Gasteiger partial charge in [-0.3, -0.25) is 0 Å². The molecule has 0 fully saturated rings. The number of aryl methyl sites for hydroxylation is 2. The molecule has 1 aliphatic rings. The maximum Gasteiger partial charge on any atom is 0.0653 e. The Bertz CT molecular complexity index is 384. The largest absolute Gasteiger partial charge is 0.377 e. The van der Waals surface area contributed by atoms with Crippen LogP contribution < -0.4 is 0 Å². The molecular weight excluding hydrogens is 252 g/mol. The molecule has 0 radical (unpaired) electrons. The van der Waals surface area contributed by atoms with Gasteiger partial charge in [0.15, 0.2) is 0 Å². The molecule has 1 heterocycles. The normalized spacial score (nSPS) is 16.3. The molecule has 15 heavy (non-hydrogen) atoms. The zero-order valence-electron chi connectivity index (χ0n) is 9.14. The van der Waals surface area contributed by atoms with Crippen LogP contribution in [0.25, 0.3) is 5.57 Å². The first-order chi connectivity index (χ1) is 7.18. The molecule has 80 valence electrons. The lowest BCUT2D eigenvalue weighted by atomic mass is 9.93. The monoisotopic (exact) mass is 266 g/mol.